The van der Waals surface area contributed by atoms with Gasteiger partial charge in [0.15, 0.2) is 0 Å². The lowest BCUT2D eigenvalue weighted by atomic mass is 10.2. The van der Waals surface area contributed by atoms with E-state index >= 15 is 0 Å². The van der Waals surface area contributed by atoms with Crippen molar-refractivity contribution in [3.05, 3.63) is 71.1 Å². The molecule has 1 aromatic heterocycles. The van der Waals surface area contributed by atoms with Gasteiger partial charge >= 0.3 is 0 Å². The molecule has 3 aromatic rings. The first-order chi connectivity index (χ1) is 12.5. The van der Waals surface area contributed by atoms with Gasteiger partial charge in [-0.25, -0.2) is 4.98 Å². The minimum Gasteiger partial charge on any atom is -0.444 e. The molecule has 26 heavy (non-hydrogen) atoms. The highest BCUT2D eigenvalue weighted by Gasteiger charge is 2.15. The average molecular weight is 387 g/mol. The van der Waals surface area contributed by atoms with Gasteiger partial charge in [0.2, 0.25) is 11.8 Å². The van der Waals surface area contributed by atoms with Crippen LogP contribution in [0.3, 0.4) is 0 Å². The van der Waals surface area contributed by atoms with E-state index in [1.54, 1.807) is 18.4 Å². The predicted octanol–water partition coefficient (Wildman–Crippen LogP) is 5.56. The van der Waals surface area contributed by atoms with E-state index in [0.29, 0.717) is 16.7 Å². The van der Waals surface area contributed by atoms with Crippen LogP contribution >= 0.6 is 23.4 Å². The second kappa shape index (κ2) is 8.43. The van der Waals surface area contributed by atoms with E-state index in [9.17, 15) is 4.79 Å². The molecule has 0 saturated heterocycles. The third-order valence-electron chi connectivity index (χ3n) is 3.78. The smallest absolute Gasteiger partial charge is 0.237 e. The second-order valence-corrected chi connectivity index (χ2v) is 7.73. The summed E-state index contributed by atoms with van der Waals surface area (Å²) in [5.74, 6) is 1.12. The van der Waals surface area contributed by atoms with E-state index in [2.05, 4.69) is 10.3 Å². The van der Waals surface area contributed by atoms with Crippen LogP contribution in [0.25, 0.3) is 11.5 Å². The highest BCUT2D eigenvalue weighted by molar-refractivity contribution is 7.99. The minimum absolute atomic E-state index is 0.0259. The summed E-state index contributed by atoms with van der Waals surface area (Å²) in [6.45, 7) is 3.88. The monoisotopic (exact) mass is 386 g/mol. The van der Waals surface area contributed by atoms with E-state index in [0.717, 1.165) is 22.5 Å². The van der Waals surface area contributed by atoms with Gasteiger partial charge in [-0.1, -0.05) is 23.7 Å². The molecule has 1 N–H and O–H groups in total. The lowest BCUT2D eigenvalue weighted by Gasteiger charge is -2.11. The molecule has 0 aliphatic heterocycles. The molecule has 0 aliphatic carbocycles. The van der Waals surface area contributed by atoms with Crippen LogP contribution in [0, 0.1) is 6.92 Å². The fraction of sp³-hybridized carbons (Fsp3) is 0.200. The third-order valence-corrected chi connectivity index (χ3v) is 5.21. The second-order valence-electron chi connectivity index (χ2n) is 5.96. The molecule has 4 nitrogen and oxygen atoms in total. The SMILES string of the molecule is Cc1cccc(NC(=O)[C@H](C)SCc2coc(-c3ccc(Cl)cc3)n2)c1. The van der Waals surface area contributed by atoms with Gasteiger partial charge in [-0.05, 0) is 55.8 Å². The largest absolute Gasteiger partial charge is 0.444 e. The lowest BCUT2D eigenvalue weighted by Crippen LogP contribution is -2.22. The quantitative estimate of drug-likeness (QED) is 0.602. The Bertz CT molecular complexity index is 893. The first-order valence-corrected chi connectivity index (χ1v) is 9.63. The van der Waals surface area contributed by atoms with Crippen LogP contribution in [0.2, 0.25) is 5.02 Å². The van der Waals surface area contributed by atoms with Crippen molar-refractivity contribution in [1.82, 2.24) is 4.98 Å². The maximum Gasteiger partial charge on any atom is 0.237 e. The summed E-state index contributed by atoms with van der Waals surface area (Å²) < 4.78 is 5.52. The van der Waals surface area contributed by atoms with Gasteiger partial charge < -0.3 is 9.73 Å². The van der Waals surface area contributed by atoms with Crippen LogP contribution < -0.4 is 5.32 Å². The lowest BCUT2D eigenvalue weighted by molar-refractivity contribution is -0.115. The molecule has 0 aliphatic rings. The Labute approximate surface area is 162 Å². The Hall–Kier alpha value is -2.24. The molecule has 2 aromatic carbocycles. The fourth-order valence-electron chi connectivity index (χ4n) is 2.35. The molecule has 0 fully saturated rings. The molecule has 0 radical (unpaired) electrons. The Morgan fingerprint density at radius 1 is 1.27 bits per heavy atom. The van der Waals surface area contributed by atoms with Crippen molar-refractivity contribution in [2.45, 2.75) is 24.9 Å². The van der Waals surface area contributed by atoms with Gasteiger partial charge in [0, 0.05) is 22.0 Å². The summed E-state index contributed by atoms with van der Waals surface area (Å²) in [6, 6.07) is 15.1. The zero-order chi connectivity index (χ0) is 18.5. The number of benzene rings is 2. The Morgan fingerprint density at radius 2 is 2.04 bits per heavy atom. The van der Waals surface area contributed by atoms with Crippen molar-refractivity contribution in [2.75, 3.05) is 5.32 Å². The molecule has 0 bridgehead atoms. The van der Waals surface area contributed by atoms with E-state index in [-0.39, 0.29) is 11.2 Å². The van der Waals surface area contributed by atoms with Gasteiger partial charge in [-0.3, -0.25) is 4.79 Å². The van der Waals surface area contributed by atoms with Gasteiger partial charge in [0.1, 0.15) is 6.26 Å². The topological polar surface area (TPSA) is 55.1 Å². The van der Waals surface area contributed by atoms with E-state index < -0.39 is 0 Å². The van der Waals surface area contributed by atoms with Crippen molar-refractivity contribution in [2.24, 2.45) is 0 Å². The summed E-state index contributed by atoms with van der Waals surface area (Å²) in [4.78, 5) is 16.8. The Morgan fingerprint density at radius 3 is 2.77 bits per heavy atom. The number of oxazole rings is 1. The number of nitrogens with one attached hydrogen (secondary N) is 1. The van der Waals surface area contributed by atoms with Crippen LogP contribution in [-0.4, -0.2) is 16.1 Å². The standard InChI is InChI=1S/C20H19ClN2O2S/c1-13-4-3-5-17(10-13)22-19(24)14(2)26-12-18-11-25-20(23-18)15-6-8-16(21)9-7-15/h3-11,14H,12H2,1-2H3,(H,22,24)/t14-/m0/s1. The molecule has 1 amide bonds. The van der Waals surface area contributed by atoms with Crippen LogP contribution in [0.4, 0.5) is 5.69 Å². The predicted molar refractivity (Wildman–Crippen MR) is 108 cm³/mol. The molecular weight excluding hydrogens is 368 g/mol. The molecule has 1 atom stereocenters. The van der Waals surface area contributed by atoms with Gasteiger partial charge in [0.25, 0.3) is 0 Å². The molecular formula is C20H19ClN2O2S. The fourth-order valence-corrected chi connectivity index (χ4v) is 3.24. The van der Waals surface area contributed by atoms with Crippen molar-refractivity contribution < 1.29 is 9.21 Å². The van der Waals surface area contributed by atoms with Crippen LogP contribution in [0.15, 0.2) is 59.2 Å². The van der Waals surface area contributed by atoms with Gasteiger partial charge in [-0.15, -0.1) is 11.8 Å². The number of hydrogen-bond acceptors (Lipinski definition) is 4. The van der Waals surface area contributed by atoms with Crippen molar-refractivity contribution in [3.8, 4) is 11.5 Å². The van der Waals surface area contributed by atoms with Crippen LogP contribution in [0.1, 0.15) is 18.2 Å². The summed E-state index contributed by atoms with van der Waals surface area (Å²) in [5.41, 5.74) is 3.60. The zero-order valence-corrected chi connectivity index (χ0v) is 16.1. The minimum atomic E-state index is -0.203. The number of rotatable bonds is 6. The number of aryl methyl sites for hydroxylation is 1. The van der Waals surface area contributed by atoms with Crippen molar-refractivity contribution >= 4 is 35.0 Å². The number of amides is 1. The summed E-state index contributed by atoms with van der Waals surface area (Å²) in [6.07, 6.45) is 1.63. The number of halogens is 1. The van der Waals surface area contributed by atoms with E-state index in [1.807, 2.05) is 50.2 Å². The first-order valence-electron chi connectivity index (χ1n) is 8.21. The maximum atomic E-state index is 12.3. The molecule has 1 heterocycles. The van der Waals surface area contributed by atoms with Crippen molar-refractivity contribution in [1.29, 1.82) is 0 Å². The summed E-state index contributed by atoms with van der Waals surface area (Å²) in [7, 11) is 0. The normalized spacial score (nSPS) is 12.0. The van der Waals surface area contributed by atoms with Crippen LogP contribution in [0.5, 0.6) is 0 Å². The third kappa shape index (κ3) is 4.90. The Kier molecular flexibility index (Phi) is 6.01. The molecule has 0 spiro atoms. The molecule has 0 unspecified atom stereocenters. The highest BCUT2D eigenvalue weighted by Crippen LogP contribution is 2.24. The zero-order valence-electron chi connectivity index (χ0n) is 14.5. The highest BCUT2D eigenvalue weighted by atomic mass is 35.5. The number of thioether (sulfide) groups is 1. The summed E-state index contributed by atoms with van der Waals surface area (Å²) >= 11 is 7.41. The number of nitrogens with zero attached hydrogens (tertiary/aromatic N) is 1. The summed E-state index contributed by atoms with van der Waals surface area (Å²) in [5, 5.41) is 3.41. The Balaban J connectivity index is 1.55. The number of hydrogen-bond donors (Lipinski definition) is 1. The maximum absolute atomic E-state index is 12.3. The van der Waals surface area contributed by atoms with Crippen molar-refractivity contribution in [3.63, 3.8) is 0 Å². The van der Waals surface area contributed by atoms with Gasteiger partial charge in [-0.2, -0.15) is 0 Å². The van der Waals surface area contributed by atoms with E-state index in [4.69, 9.17) is 16.0 Å². The molecule has 0 saturated carbocycles. The number of aromatic nitrogens is 1. The van der Waals surface area contributed by atoms with Gasteiger partial charge in [0.05, 0.1) is 10.9 Å². The molecule has 3 rings (SSSR count). The van der Waals surface area contributed by atoms with Crippen LogP contribution in [-0.2, 0) is 10.5 Å². The number of carbonyl (C=O) groups excluding carboxylic acids is 1. The molecule has 6 heteroatoms. The first kappa shape index (κ1) is 18.5. The molecule has 134 valence electrons. The number of anilines is 1. The van der Waals surface area contributed by atoms with E-state index in [1.165, 1.54) is 11.8 Å². The number of carbonyl (C=O) groups is 1. The average Bonchev–Trinajstić information content (AvgIpc) is 3.09.